The van der Waals surface area contributed by atoms with Gasteiger partial charge in [-0.2, -0.15) is 0 Å². The van der Waals surface area contributed by atoms with Gasteiger partial charge >= 0.3 is 5.97 Å². The van der Waals surface area contributed by atoms with Crippen LogP contribution in [0.2, 0.25) is 0 Å². The fourth-order valence-corrected chi connectivity index (χ4v) is 1.58. The van der Waals surface area contributed by atoms with Gasteiger partial charge in [0.25, 0.3) is 0 Å². The van der Waals surface area contributed by atoms with E-state index in [0.29, 0.717) is 5.76 Å². The van der Waals surface area contributed by atoms with Crippen LogP contribution in [0.15, 0.2) is 40.8 Å². The summed E-state index contributed by atoms with van der Waals surface area (Å²) in [6, 6.07) is 10.8. The number of hydrogen-bond donors (Lipinski definition) is 1. The van der Waals surface area contributed by atoms with Gasteiger partial charge in [-0.15, -0.1) is 0 Å². The molecule has 0 aliphatic rings. The summed E-state index contributed by atoms with van der Waals surface area (Å²) in [7, 11) is 0. The zero-order valence-corrected chi connectivity index (χ0v) is 9.76. The van der Waals surface area contributed by atoms with Crippen molar-refractivity contribution in [2.24, 2.45) is 0 Å². The molecule has 2 rings (SSSR count). The topological polar surface area (TPSA) is 50.4 Å². The lowest BCUT2D eigenvalue weighted by atomic mass is 10.2. The summed E-state index contributed by atoms with van der Waals surface area (Å²) >= 11 is 2.21. The first-order chi connectivity index (χ1) is 7.16. The van der Waals surface area contributed by atoms with Crippen molar-refractivity contribution in [3.8, 4) is 11.3 Å². The molecule has 0 spiro atoms. The van der Waals surface area contributed by atoms with Gasteiger partial charge in [-0.25, -0.2) is 4.79 Å². The molecule has 1 N–H and O–H groups in total. The lowest BCUT2D eigenvalue weighted by Crippen LogP contribution is -1.91. The van der Waals surface area contributed by atoms with Crippen molar-refractivity contribution in [1.82, 2.24) is 0 Å². The zero-order valence-electron chi connectivity index (χ0n) is 7.61. The Morgan fingerprint density at radius 2 is 1.80 bits per heavy atom. The van der Waals surface area contributed by atoms with Crippen molar-refractivity contribution >= 4 is 28.6 Å². The van der Waals surface area contributed by atoms with Gasteiger partial charge < -0.3 is 9.52 Å². The van der Waals surface area contributed by atoms with E-state index in [-0.39, 0.29) is 5.76 Å². The van der Waals surface area contributed by atoms with Gasteiger partial charge in [0, 0.05) is 9.13 Å². The Morgan fingerprint density at radius 1 is 1.13 bits per heavy atom. The standard InChI is InChI=1S/C11H7IO3/c12-8-3-1-7(2-4-8)9-5-6-10(15-9)11(13)14/h1-6H,(H,13,14). The molecule has 1 aromatic carbocycles. The van der Waals surface area contributed by atoms with E-state index < -0.39 is 5.97 Å². The van der Waals surface area contributed by atoms with Gasteiger partial charge in [0.05, 0.1) is 0 Å². The summed E-state index contributed by atoms with van der Waals surface area (Å²) in [5.41, 5.74) is 0.878. The van der Waals surface area contributed by atoms with E-state index in [9.17, 15) is 4.79 Å². The number of hydrogen-bond acceptors (Lipinski definition) is 2. The number of halogens is 1. The van der Waals surface area contributed by atoms with Gasteiger partial charge in [-0.3, -0.25) is 0 Å². The van der Waals surface area contributed by atoms with Gasteiger partial charge in [0.2, 0.25) is 5.76 Å². The van der Waals surface area contributed by atoms with E-state index in [0.717, 1.165) is 9.13 Å². The number of benzene rings is 1. The number of aromatic carboxylic acids is 1. The molecule has 1 heterocycles. The molecule has 1 aromatic heterocycles. The first kappa shape index (κ1) is 10.2. The third-order valence-electron chi connectivity index (χ3n) is 1.95. The molecule has 0 aliphatic carbocycles. The third-order valence-corrected chi connectivity index (χ3v) is 2.66. The molecule has 15 heavy (non-hydrogen) atoms. The quantitative estimate of drug-likeness (QED) is 0.866. The molecule has 0 fully saturated rings. The van der Waals surface area contributed by atoms with Crippen LogP contribution in [0.4, 0.5) is 0 Å². The second-order valence-corrected chi connectivity index (χ2v) is 4.22. The van der Waals surface area contributed by atoms with Crippen LogP contribution in [0.3, 0.4) is 0 Å². The van der Waals surface area contributed by atoms with Crippen molar-refractivity contribution in [2.45, 2.75) is 0 Å². The molecule has 0 saturated carbocycles. The van der Waals surface area contributed by atoms with Crippen molar-refractivity contribution in [3.63, 3.8) is 0 Å². The molecule has 0 unspecified atom stereocenters. The van der Waals surface area contributed by atoms with Crippen LogP contribution < -0.4 is 0 Å². The van der Waals surface area contributed by atoms with E-state index >= 15 is 0 Å². The molecule has 0 saturated heterocycles. The maximum absolute atomic E-state index is 10.6. The van der Waals surface area contributed by atoms with Crippen LogP contribution >= 0.6 is 22.6 Å². The zero-order chi connectivity index (χ0) is 10.8. The van der Waals surface area contributed by atoms with Crippen molar-refractivity contribution in [2.75, 3.05) is 0 Å². The van der Waals surface area contributed by atoms with E-state index in [2.05, 4.69) is 22.6 Å². The predicted molar refractivity (Wildman–Crippen MR) is 63.8 cm³/mol. The van der Waals surface area contributed by atoms with Gasteiger partial charge in [0.1, 0.15) is 5.76 Å². The van der Waals surface area contributed by atoms with Crippen LogP contribution in [0.1, 0.15) is 10.6 Å². The van der Waals surface area contributed by atoms with Crippen LogP contribution in [0.5, 0.6) is 0 Å². The highest BCUT2D eigenvalue weighted by atomic mass is 127. The number of rotatable bonds is 2. The van der Waals surface area contributed by atoms with E-state index in [1.54, 1.807) is 6.07 Å². The lowest BCUT2D eigenvalue weighted by Gasteiger charge is -1.96. The maximum Gasteiger partial charge on any atom is 0.371 e. The molecule has 0 radical (unpaired) electrons. The second-order valence-electron chi connectivity index (χ2n) is 2.98. The Hall–Kier alpha value is -1.30. The molecule has 3 nitrogen and oxygen atoms in total. The number of furan rings is 1. The van der Waals surface area contributed by atoms with Crippen molar-refractivity contribution in [3.05, 3.63) is 45.7 Å². The minimum atomic E-state index is -1.05. The molecule has 0 aliphatic heterocycles. The minimum Gasteiger partial charge on any atom is -0.475 e. The highest BCUT2D eigenvalue weighted by Gasteiger charge is 2.09. The Kier molecular flexibility index (Phi) is 2.77. The molecule has 0 bridgehead atoms. The fourth-order valence-electron chi connectivity index (χ4n) is 1.22. The van der Waals surface area contributed by atoms with Crippen molar-refractivity contribution in [1.29, 1.82) is 0 Å². The summed E-state index contributed by atoms with van der Waals surface area (Å²) in [6.07, 6.45) is 0. The van der Waals surface area contributed by atoms with Crippen LogP contribution in [0, 0.1) is 3.57 Å². The monoisotopic (exact) mass is 314 g/mol. The summed E-state index contributed by atoms with van der Waals surface area (Å²) in [6.45, 7) is 0. The Labute approximate surface area is 99.9 Å². The van der Waals surface area contributed by atoms with E-state index in [1.165, 1.54) is 6.07 Å². The predicted octanol–water partition coefficient (Wildman–Crippen LogP) is 3.25. The normalized spacial score (nSPS) is 10.2. The summed E-state index contributed by atoms with van der Waals surface area (Å²) in [4.78, 5) is 10.6. The average molecular weight is 314 g/mol. The van der Waals surface area contributed by atoms with E-state index in [1.807, 2.05) is 24.3 Å². The first-order valence-electron chi connectivity index (χ1n) is 4.26. The second kappa shape index (κ2) is 4.06. The Morgan fingerprint density at radius 3 is 2.33 bits per heavy atom. The molecular formula is C11H7IO3. The molecule has 0 atom stereocenters. The number of carboxylic acid groups (broad SMARTS) is 1. The van der Waals surface area contributed by atoms with Crippen LogP contribution in [0.25, 0.3) is 11.3 Å². The Bertz CT molecular complexity index is 485. The number of carbonyl (C=O) groups is 1. The highest BCUT2D eigenvalue weighted by Crippen LogP contribution is 2.22. The molecule has 2 aromatic rings. The Balaban J connectivity index is 2.37. The summed E-state index contributed by atoms with van der Waals surface area (Å²) < 4.78 is 6.30. The molecular weight excluding hydrogens is 307 g/mol. The minimum absolute atomic E-state index is 0.0384. The van der Waals surface area contributed by atoms with Crippen molar-refractivity contribution < 1.29 is 14.3 Å². The molecule has 4 heteroatoms. The molecule has 76 valence electrons. The van der Waals surface area contributed by atoms with Gasteiger partial charge in [0.15, 0.2) is 0 Å². The lowest BCUT2D eigenvalue weighted by molar-refractivity contribution is 0.0663. The fraction of sp³-hybridized carbons (Fsp3) is 0. The summed E-state index contributed by atoms with van der Waals surface area (Å²) in [5, 5.41) is 8.69. The SMILES string of the molecule is O=C(O)c1ccc(-c2ccc(I)cc2)o1. The van der Waals surface area contributed by atoms with Gasteiger partial charge in [-0.1, -0.05) is 12.1 Å². The van der Waals surface area contributed by atoms with Gasteiger partial charge in [-0.05, 0) is 46.9 Å². The van der Waals surface area contributed by atoms with Crippen LogP contribution in [-0.4, -0.2) is 11.1 Å². The number of carboxylic acids is 1. The smallest absolute Gasteiger partial charge is 0.371 e. The third kappa shape index (κ3) is 2.20. The first-order valence-corrected chi connectivity index (χ1v) is 5.34. The largest absolute Gasteiger partial charge is 0.475 e. The van der Waals surface area contributed by atoms with E-state index in [4.69, 9.17) is 9.52 Å². The average Bonchev–Trinajstić information content (AvgIpc) is 2.68. The summed E-state index contributed by atoms with van der Waals surface area (Å²) in [5.74, 6) is -0.515. The molecule has 0 amide bonds. The van der Waals surface area contributed by atoms with Crippen LogP contribution in [-0.2, 0) is 0 Å². The highest BCUT2D eigenvalue weighted by molar-refractivity contribution is 14.1. The maximum atomic E-state index is 10.6.